The molecule has 1 aliphatic rings. The smallest absolute Gasteiger partial charge is 0.332 e. The molecule has 4 rings (SSSR count). The number of allylic oxidation sites excluding steroid dienone is 1. The van der Waals surface area contributed by atoms with E-state index in [1.807, 2.05) is 0 Å². The van der Waals surface area contributed by atoms with Crippen molar-refractivity contribution in [2.24, 2.45) is 14.1 Å². The average Bonchev–Trinajstić information content (AvgIpc) is 2.81. The van der Waals surface area contributed by atoms with Crippen molar-refractivity contribution in [3.05, 3.63) is 102 Å². The zero-order valence-electron chi connectivity index (χ0n) is 18.0. The molecule has 168 valence electrons. The summed E-state index contributed by atoms with van der Waals surface area (Å²) in [5, 5.41) is 17.1. The lowest BCUT2D eigenvalue weighted by Gasteiger charge is -2.31. The maximum Gasteiger partial charge on any atom is 0.332 e. The van der Waals surface area contributed by atoms with E-state index in [0.29, 0.717) is 17.1 Å². The van der Waals surface area contributed by atoms with Gasteiger partial charge in [0.1, 0.15) is 11.6 Å². The lowest BCUT2D eigenvalue weighted by atomic mass is 9.81. The third-order valence-corrected chi connectivity index (χ3v) is 5.55. The second kappa shape index (κ2) is 8.19. The summed E-state index contributed by atoms with van der Waals surface area (Å²) in [6.07, 6.45) is 1.52. The van der Waals surface area contributed by atoms with Gasteiger partial charge in [0.15, 0.2) is 0 Å². The number of pyridine rings is 1. The normalized spacial score (nSPS) is 14.9. The van der Waals surface area contributed by atoms with E-state index in [0.717, 1.165) is 4.57 Å². The first-order valence-corrected chi connectivity index (χ1v) is 9.95. The summed E-state index contributed by atoms with van der Waals surface area (Å²) < 4.78 is 2.22. The first-order chi connectivity index (χ1) is 15.7. The van der Waals surface area contributed by atoms with Gasteiger partial charge in [-0.2, -0.15) is 0 Å². The van der Waals surface area contributed by atoms with Gasteiger partial charge in [-0.1, -0.05) is 18.2 Å². The van der Waals surface area contributed by atoms with Gasteiger partial charge in [0.2, 0.25) is 0 Å². The predicted molar refractivity (Wildman–Crippen MR) is 121 cm³/mol. The van der Waals surface area contributed by atoms with Crippen LogP contribution in [0.5, 0.6) is 0 Å². The topological polar surface area (TPSA) is 141 Å². The number of carbonyl (C=O) groups is 1. The highest BCUT2D eigenvalue weighted by Gasteiger charge is 2.37. The van der Waals surface area contributed by atoms with Crippen molar-refractivity contribution >= 4 is 23.2 Å². The molecule has 0 aliphatic carbocycles. The van der Waals surface area contributed by atoms with Crippen LogP contribution in [0.1, 0.15) is 24.0 Å². The molecule has 33 heavy (non-hydrogen) atoms. The molecule has 3 aromatic rings. The Morgan fingerprint density at radius 2 is 1.91 bits per heavy atom. The third-order valence-electron chi connectivity index (χ3n) is 5.55. The van der Waals surface area contributed by atoms with Gasteiger partial charge in [0.05, 0.1) is 16.4 Å². The SMILES string of the molecule is CC1=C(C(=O)Nc2ccccn2)[C@H](c2cccc([N+](=O)[O-])c2)c2c(n(C)c(=O)n(C)c2=O)N1. The fourth-order valence-electron chi connectivity index (χ4n) is 3.96. The average molecular weight is 448 g/mol. The Morgan fingerprint density at radius 3 is 2.58 bits per heavy atom. The number of nitro groups is 1. The van der Waals surface area contributed by atoms with Gasteiger partial charge in [0.25, 0.3) is 17.2 Å². The molecular formula is C22H20N6O5. The minimum atomic E-state index is -0.963. The van der Waals surface area contributed by atoms with E-state index in [2.05, 4.69) is 15.6 Å². The van der Waals surface area contributed by atoms with Crippen molar-refractivity contribution < 1.29 is 9.72 Å². The zero-order chi connectivity index (χ0) is 23.9. The predicted octanol–water partition coefficient (Wildman–Crippen LogP) is 1.86. The van der Waals surface area contributed by atoms with Gasteiger partial charge in [-0.3, -0.25) is 28.8 Å². The Labute approximate surface area is 187 Å². The number of rotatable bonds is 4. The molecule has 0 bridgehead atoms. The summed E-state index contributed by atoms with van der Waals surface area (Å²) in [7, 11) is 2.85. The number of hydrogen-bond acceptors (Lipinski definition) is 7. The molecule has 2 aromatic heterocycles. The maximum absolute atomic E-state index is 13.4. The summed E-state index contributed by atoms with van der Waals surface area (Å²) in [4.78, 5) is 54.1. The van der Waals surface area contributed by atoms with Crippen LogP contribution in [0.25, 0.3) is 0 Å². The molecule has 0 fully saturated rings. The number of nitro benzene ring substituents is 1. The van der Waals surface area contributed by atoms with Crippen LogP contribution >= 0.6 is 0 Å². The zero-order valence-corrected chi connectivity index (χ0v) is 18.0. The quantitative estimate of drug-likeness (QED) is 0.458. The molecule has 3 heterocycles. The van der Waals surface area contributed by atoms with Gasteiger partial charge in [-0.15, -0.1) is 0 Å². The molecule has 0 saturated heterocycles. The van der Waals surface area contributed by atoms with Crippen LogP contribution in [0.3, 0.4) is 0 Å². The third kappa shape index (κ3) is 3.69. The van der Waals surface area contributed by atoms with E-state index in [9.17, 15) is 24.5 Å². The largest absolute Gasteiger partial charge is 0.344 e. The molecule has 0 radical (unpaired) electrons. The lowest BCUT2D eigenvalue weighted by molar-refractivity contribution is -0.384. The molecule has 1 aliphatic heterocycles. The Balaban J connectivity index is 1.98. The Hall–Kier alpha value is -4.54. The number of nitrogens with one attached hydrogen (secondary N) is 2. The summed E-state index contributed by atoms with van der Waals surface area (Å²) >= 11 is 0. The summed E-state index contributed by atoms with van der Waals surface area (Å²) in [5.41, 5.74) is -0.243. The Kier molecular flexibility index (Phi) is 5.38. The van der Waals surface area contributed by atoms with Gasteiger partial charge >= 0.3 is 5.69 Å². The van der Waals surface area contributed by atoms with E-state index in [-0.39, 0.29) is 22.6 Å². The van der Waals surface area contributed by atoms with Crippen LogP contribution in [-0.4, -0.2) is 24.9 Å². The van der Waals surface area contributed by atoms with Gasteiger partial charge in [0, 0.05) is 43.7 Å². The van der Waals surface area contributed by atoms with E-state index in [1.165, 1.54) is 43.1 Å². The van der Waals surface area contributed by atoms with E-state index >= 15 is 0 Å². The number of benzene rings is 1. The Bertz CT molecular complexity index is 1440. The fraction of sp³-hybridized carbons (Fsp3) is 0.182. The highest BCUT2D eigenvalue weighted by molar-refractivity contribution is 6.06. The summed E-state index contributed by atoms with van der Waals surface area (Å²) in [6.45, 7) is 1.64. The molecule has 1 atom stereocenters. The summed E-state index contributed by atoms with van der Waals surface area (Å²) in [5.74, 6) is -0.960. The van der Waals surface area contributed by atoms with Crippen molar-refractivity contribution in [3.8, 4) is 0 Å². The van der Waals surface area contributed by atoms with E-state index in [4.69, 9.17) is 0 Å². The van der Waals surface area contributed by atoms with Crippen LogP contribution < -0.4 is 21.9 Å². The van der Waals surface area contributed by atoms with Crippen molar-refractivity contribution in [3.63, 3.8) is 0 Å². The molecule has 2 N–H and O–H groups in total. The molecule has 11 nitrogen and oxygen atoms in total. The second-order valence-electron chi connectivity index (χ2n) is 7.59. The number of nitrogens with zero attached hydrogens (tertiary/aromatic N) is 4. The highest BCUT2D eigenvalue weighted by atomic mass is 16.6. The number of aromatic nitrogens is 3. The minimum Gasteiger partial charge on any atom is -0.344 e. The molecule has 0 saturated carbocycles. The standard InChI is InChI=1S/C22H20N6O5/c1-12-16(20(29)25-15-9-4-5-10-23-15)17(13-7-6-8-14(11-13)28(32)33)18-19(24-12)26(2)22(31)27(3)21(18)30/h4-11,17,24H,1-3H3,(H,23,25,29)/t17-/m0/s1. The summed E-state index contributed by atoms with van der Waals surface area (Å²) in [6, 6.07) is 10.8. The number of amides is 1. The molecule has 0 unspecified atom stereocenters. The second-order valence-corrected chi connectivity index (χ2v) is 7.59. The van der Waals surface area contributed by atoms with Crippen LogP contribution in [0.2, 0.25) is 0 Å². The number of anilines is 2. The number of non-ortho nitro benzene ring substituents is 1. The minimum absolute atomic E-state index is 0.136. The first-order valence-electron chi connectivity index (χ1n) is 9.95. The van der Waals surface area contributed by atoms with Crippen LogP contribution in [0.4, 0.5) is 17.3 Å². The van der Waals surface area contributed by atoms with Gasteiger partial charge < -0.3 is 10.6 Å². The van der Waals surface area contributed by atoms with Crippen molar-refractivity contribution in [2.45, 2.75) is 12.8 Å². The van der Waals surface area contributed by atoms with Gasteiger partial charge in [-0.25, -0.2) is 9.78 Å². The van der Waals surface area contributed by atoms with E-state index in [1.54, 1.807) is 31.2 Å². The molecular weight excluding hydrogens is 428 g/mol. The lowest BCUT2D eigenvalue weighted by Crippen LogP contribution is -2.43. The molecule has 11 heteroatoms. The van der Waals surface area contributed by atoms with E-state index < -0.39 is 28.0 Å². The van der Waals surface area contributed by atoms with Crippen molar-refractivity contribution in [1.29, 1.82) is 0 Å². The number of carbonyl (C=O) groups excluding carboxylic acids is 1. The fourth-order valence-corrected chi connectivity index (χ4v) is 3.96. The van der Waals surface area contributed by atoms with Crippen molar-refractivity contribution in [1.82, 2.24) is 14.1 Å². The number of fused-ring (bicyclic) bond motifs is 1. The van der Waals surface area contributed by atoms with Crippen LogP contribution in [-0.2, 0) is 18.9 Å². The highest BCUT2D eigenvalue weighted by Crippen LogP contribution is 2.40. The molecule has 1 aromatic carbocycles. The van der Waals surface area contributed by atoms with Crippen LogP contribution in [0.15, 0.2) is 69.5 Å². The van der Waals surface area contributed by atoms with Crippen LogP contribution in [0, 0.1) is 10.1 Å². The maximum atomic E-state index is 13.4. The Morgan fingerprint density at radius 1 is 1.15 bits per heavy atom. The molecule has 0 spiro atoms. The van der Waals surface area contributed by atoms with Gasteiger partial charge in [-0.05, 0) is 24.6 Å². The first kappa shape index (κ1) is 21.7. The molecule has 1 amide bonds. The van der Waals surface area contributed by atoms with Crippen molar-refractivity contribution in [2.75, 3.05) is 10.6 Å². The number of hydrogen-bond donors (Lipinski definition) is 2. The monoisotopic (exact) mass is 448 g/mol.